The average molecular weight is 391 g/mol. The molecule has 0 N–H and O–H groups in total. The van der Waals surface area contributed by atoms with E-state index in [1.54, 1.807) is 0 Å². The van der Waals surface area contributed by atoms with Crippen molar-refractivity contribution in [3.8, 4) is 0 Å². The van der Waals surface area contributed by atoms with Crippen LogP contribution in [0.5, 0.6) is 0 Å². The molecule has 0 amide bonds. The molecule has 0 spiro atoms. The number of benzene rings is 4. The van der Waals surface area contributed by atoms with Crippen molar-refractivity contribution in [1.82, 2.24) is 0 Å². The van der Waals surface area contributed by atoms with Crippen LogP contribution in [0.4, 0.5) is 0 Å². The van der Waals surface area contributed by atoms with Crippen molar-refractivity contribution in [2.24, 2.45) is 0 Å². The van der Waals surface area contributed by atoms with Gasteiger partial charge in [0.2, 0.25) is 0 Å². The third-order valence-corrected chi connectivity index (χ3v) is 8.50. The Morgan fingerprint density at radius 3 is 0.778 bits per heavy atom. The van der Waals surface area contributed by atoms with E-state index < -0.39 is 22.4 Å². The Kier molecular flexibility index (Phi) is 5.95. The van der Waals surface area contributed by atoms with Crippen molar-refractivity contribution in [3.63, 3.8) is 0 Å². The molecule has 0 saturated heterocycles. The summed E-state index contributed by atoms with van der Waals surface area (Å²) in [6.07, 6.45) is 0. The summed E-state index contributed by atoms with van der Waals surface area (Å²) in [7, 11) is 0. The predicted molar refractivity (Wildman–Crippen MR) is 118 cm³/mol. The zero-order valence-corrected chi connectivity index (χ0v) is 16.6. The van der Waals surface area contributed by atoms with Gasteiger partial charge in [0.1, 0.15) is 0 Å². The Labute approximate surface area is 166 Å². The lowest BCUT2D eigenvalue weighted by atomic mass is 10.4. The van der Waals surface area contributed by atoms with Gasteiger partial charge < -0.3 is 0 Å². The Balaban J connectivity index is 1.77. The topological polar surface area (TPSA) is 9.23 Å². The Morgan fingerprint density at radius 2 is 0.556 bits per heavy atom. The molecule has 0 aromatic heterocycles. The highest BCUT2D eigenvalue weighted by Gasteiger charge is 2.18. The molecule has 4 rings (SSSR count). The van der Waals surface area contributed by atoms with Crippen molar-refractivity contribution in [2.45, 2.75) is 19.6 Å². The fourth-order valence-electron chi connectivity index (χ4n) is 2.82. The third kappa shape index (κ3) is 4.45. The Hall–Kier alpha value is -2.46. The first-order chi connectivity index (χ1) is 13.4. The summed E-state index contributed by atoms with van der Waals surface area (Å²) >= 11 is -1.82. The summed E-state index contributed by atoms with van der Waals surface area (Å²) in [5.41, 5.74) is 0. The first-order valence-electron chi connectivity index (χ1n) is 8.90. The second-order valence-electron chi connectivity index (χ2n) is 6.01. The van der Waals surface area contributed by atoms with Crippen LogP contribution in [0.1, 0.15) is 0 Å². The van der Waals surface area contributed by atoms with Gasteiger partial charge in [-0.3, -0.25) is 3.63 Å². The molecule has 1 nitrogen and oxygen atoms in total. The number of hydrogen-bond donors (Lipinski definition) is 2. The van der Waals surface area contributed by atoms with E-state index in [9.17, 15) is 0 Å². The maximum atomic E-state index is 6.92. The van der Waals surface area contributed by atoms with Gasteiger partial charge in [-0.25, -0.2) is 0 Å². The van der Waals surface area contributed by atoms with Crippen LogP contribution >= 0.6 is 22.4 Å². The first-order valence-corrected chi connectivity index (χ1v) is 11.4. The van der Waals surface area contributed by atoms with Crippen LogP contribution in [0.3, 0.4) is 0 Å². The Bertz CT molecular complexity index is 785. The second-order valence-corrected chi connectivity index (χ2v) is 9.91. The summed E-state index contributed by atoms with van der Waals surface area (Å²) in [4.78, 5) is 4.94. The van der Waals surface area contributed by atoms with Gasteiger partial charge in [-0.05, 0) is 48.5 Å². The fourth-order valence-corrected chi connectivity index (χ4v) is 7.35. The molecule has 0 saturated carbocycles. The highest BCUT2D eigenvalue weighted by molar-refractivity contribution is 8.25. The van der Waals surface area contributed by atoms with E-state index in [1.165, 1.54) is 19.6 Å². The SMILES string of the molecule is c1ccc([SH](O[SH](c2ccccc2)c2ccccc2)c2ccccc2)cc1. The molecule has 0 radical (unpaired) electrons. The smallest absolute Gasteiger partial charge is 0.0154 e. The molecule has 0 fully saturated rings. The van der Waals surface area contributed by atoms with E-state index in [1.807, 2.05) is 0 Å². The monoisotopic (exact) mass is 390 g/mol. The molecular weight excluding hydrogens is 368 g/mol. The molecule has 0 unspecified atom stereocenters. The lowest BCUT2D eigenvalue weighted by Gasteiger charge is -2.31. The van der Waals surface area contributed by atoms with E-state index in [-0.39, 0.29) is 0 Å². The molecule has 0 heterocycles. The largest absolute Gasteiger partial charge is 0.279 e. The second kappa shape index (κ2) is 8.96. The molecule has 0 aliphatic carbocycles. The average Bonchev–Trinajstić information content (AvgIpc) is 2.77. The van der Waals surface area contributed by atoms with Gasteiger partial charge >= 0.3 is 0 Å². The van der Waals surface area contributed by atoms with E-state index in [2.05, 4.69) is 121 Å². The highest BCUT2D eigenvalue weighted by Crippen LogP contribution is 2.58. The normalized spacial score (nSPS) is 11.7. The van der Waals surface area contributed by atoms with Crippen molar-refractivity contribution in [2.75, 3.05) is 0 Å². The number of rotatable bonds is 6. The van der Waals surface area contributed by atoms with Crippen molar-refractivity contribution in [1.29, 1.82) is 0 Å². The molecule has 0 atom stereocenters. The zero-order valence-electron chi connectivity index (χ0n) is 14.8. The van der Waals surface area contributed by atoms with Gasteiger partial charge in [-0.2, -0.15) is 0 Å². The van der Waals surface area contributed by atoms with Gasteiger partial charge in [0.25, 0.3) is 0 Å². The van der Waals surface area contributed by atoms with Gasteiger partial charge in [-0.1, -0.05) is 95.1 Å². The van der Waals surface area contributed by atoms with Gasteiger partial charge in [-0.15, -0.1) is 0 Å². The molecular formula is C24H22OS2. The summed E-state index contributed by atoms with van der Waals surface area (Å²) in [5.74, 6) is 0. The van der Waals surface area contributed by atoms with Crippen LogP contribution in [0.15, 0.2) is 141 Å². The van der Waals surface area contributed by atoms with E-state index in [0.717, 1.165) is 0 Å². The minimum Gasteiger partial charge on any atom is -0.279 e. The molecule has 0 aliphatic heterocycles. The standard InChI is InChI=1S/C24H22OS2/c1-5-13-21(14-6-1)26(22-15-7-2-8-16-22)25-27(23-17-9-3-10-18-23)24-19-11-4-12-20-24/h1-20,26-27H. The van der Waals surface area contributed by atoms with Crippen LogP contribution in [0.2, 0.25) is 0 Å². The lowest BCUT2D eigenvalue weighted by molar-refractivity contribution is 0.717. The highest BCUT2D eigenvalue weighted by atomic mass is 32.3. The molecule has 27 heavy (non-hydrogen) atoms. The van der Waals surface area contributed by atoms with Crippen LogP contribution in [-0.2, 0) is 3.63 Å². The van der Waals surface area contributed by atoms with Crippen molar-refractivity contribution in [3.05, 3.63) is 121 Å². The summed E-state index contributed by atoms with van der Waals surface area (Å²) in [5, 5.41) is 0. The van der Waals surface area contributed by atoms with Crippen LogP contribution in [-0.4, -0.2) is 0 Å². The third-order valence-electron chi connectivity index (χ3n) is 4.13. The molecule has 3 heteroatoms. The van der Waals surface area contributed by atoms with Crippen LogP contribution in [0, 0.1) is 0 Å². The Morgan fingerprint density at radius 1 is 0.333 bits per heavy atom. The summed E-state index contributed by atoms with van der Waals surface area (Å²) < 4.78 is 6.92. The van der Waals surface area contributed by atoms with Crippen molar-refractivity contribution < 1.29 is 3.63 Å². The fraction of sp³-hybridized carbons (Fsp3) is 0. The van der Waals surface area contributed by atoms with E-state index in [0.29, 0.717) is 0 Å². The first kappa shape index (κ1) is 17.9. The number of hydrogen-bond acceptors (Lipinski definition) is 1. The molecule has 0 aliphatic rings. The van der Waals surface area contributed by atoms with Crippen LogP contribution in [0.25, 0.3) is 0 Å². The van der Waals surface area contributed by atoms with E-state index in [4.69, 9.17) is 3.63 Å². The van der Waals surface area contributed by atoms with Gasteiger partial charge in [0.05, 0.1) is 0 Å². The number of thiol groups is 2. The molecule has 4 aromatic carbocycles. The predicted octanol–water partition coefficient (Wildman–Crippen LogP) is 7.07. The maximum Gasteiger partial charge on any atom is 0.0154 e. The summed E-state index contributed by atoms with van der Waals surface area (Å²) in [6.45, 7) is 0. The van der Waals surface area contributed by atoms with Gasteiger partial charge in [0, 0.05) is 19.6 Å². The minimum absolute atomic E-state index is 0.909. The van der Waals surface area contributed by atoms with Gasteiger partial charge in [0.15, 0.2) is 0 Å². The van der Waals surface area contributed by atoms with Crippen molar-refractivity contribution >= 4 is 22.4 Å². The zero-order chi connectivity index (χ0) is 18.3. The van der Waals surface area contributed by atoms with Crippen LogP contribution < -0.4 is 0 Å². The minimum atomic E-state index is -0.909. The molecule has 136 valence electrons. The van der Waals surface area contributed by atoms with E-state index >= 15 is 0 Å². The quantitative estimate of drug-likeness (QED) is 0.335. The summed E-state index contributed by atoms with van der Waals surface area (Å²) in [6, 6.07) is 42.3. The maximum absolute atomic E-state index is 6.92. The molecule has 0 bridgehead atoms. The molecule has 4 aromatic rings. The lowest BCUT2D eigenvalue weighted by Crippen LogP contribution is -1.94.